The van der Waals surface area contributed by atoms with Crippen molar-refractivity contribution in [3.05, 3.63) is 17.8 Å². The van der Waals surface area contributed by atoms with E-state index in [4.69, 9.17) is 10.5 Å². The molecule has 0 aromatic carbocycles. The summed E-state index contributed by atoms with van der Waals surface area (Å²) in [6, 6.07) is 1.86. The Morgan fingerprint density at radius 2 is 2.31 bits per heavy atom. The van der Waals surface area contributed by atoms with Crippen molar-refractivity contribution >= 4 is 11.5 Å². The van der Waals surface area contributed by atoms with E-state index in [0.717, 1.165) is 5.56 Å². The molecule has 0 fully saturated rings. The van der Waals surface area contributed by atoms with Gasteiger partial charge in [0.1, 0.15) is 0 Å². The number of methoxy groups -OCH3 is 1. The van der Waals surface area contributed by atoms with Gasteiger partial charge in [-0.15, -0.1) is 0 Å². The minimum absolute atomic E-state index is 0.302. The van der Waals surface area contributed by atoms with Crippen LogP contribution in [0.3, 0.4) is 0 Å². The molecule has 1 rings (SSSR count). The Morgan fingerprint density at radius 3 is 2.88 bits per heavy atom. The van der Waals surface area contributed by atoms with E-state index in [2.05, 4.69) is 4.98 Å². The van der Waals surface area contributed by atoms with Gasteiger partial charge in [0, 0.05) is 26.9 Å². The van der Waals surface area contributed by atoms with Crippen LogP contribution in [0.5, 0.6) is 0 Å². The molecule has 16 heavy (non-hydrogen) atoms. The first-order chi connectivity index (χ1) is 7.54. The van der Waals surface area contributed by atoms with Gasteiger partial charge in [-0.1, -0.05) is 0 Å². The van der Waals surface area contributed by atoms with Crippen molar-refractivity contribution in [2.45, 2.75) is 13.0 Å². The van der Waals surface area contributed by atoms with Gasteiger partial charge in [-0.25, -0.2) is 4.98 Å². The first-order valence-electron chi connectivity index (χ1n) is 5.15. The van der Waals surface area contributed by atoms with Gasteiger partial charge in [0.05, 0.1) is 18.4 Å². The molecule has 0 amide bonds. The zero-order chi connectivity index (χ0) is 12.1. The highest BCUT2D eigenvalue weighted by molar-refractivity contribution is 5.62. The Kier molecular flexibility index (Phi) is 4.52. The number of hydrogen-bond donors (Lipinski definition) is 2. The smallest absolute Gasteiger partial charge is 0.151 e. The highest BCUT2D eigenvalue weighted by Gasteiger charge is 2.11. The van der Waals surface area contributed by atoms with Gasteiger partial charge in [-0.3, -0.25) is 0 Å². The van der Waals surface area contributed by atoms with E-state index in [-0.39, 0.29) is 0 Å². The minimum atomic E-state index is -0.544. The molecule has 1 aromatic rings. The average Bonchev–Trinajstić information content (AvgIpc) is 2.17. The molecule has 5 nitrogen and oxygen atoms in total. The van der Waals surface area contributed by atoms with E-state index < -0.39 is 6.10 Å². The topological polar surface area (TPSA) is 71.6 Å². The molecule has 1 heterocycles. The van der Waals surface area contributed by atoms with Crippen LogP contribution in [0.15, 0.2) is 12.3 Å². The Morgan fingerprint density at radius 1 is 1.62 bits per heavy atom. The monoisotopic (exact) mass is 225 g/mol. The number of aromatic nitrogens is 1. The van der Waals surface area contributed by atoms with Gasteiger partial charge in [-0.2, -0.15) is 0 Å². The minimum Gasteiger partial charge on any atom is -0.396 e. The van der Waals surface area contributed by atoms with Crippen LogP contribution in [-0.2, 0) is 4.74 Å². The van der Waals surface area contributed by atoms with Crippen molar-refractivity contribution in [1.29, 1.82) is 0 Å². The number of hydrogen-bond acceptors (Lipinski definition) is 5. The summed E-state index contributed by atoms with van der Waals surface area (Å²) >= 11 is 0. The number of likely N-dealkylation sites (N-methyl/N-ethyl adjacent to an activating group) is 1. The fourth-order valence-electron chi connectivity index (χ4n) is 1.55. The molecule has 1 aromatic heterocycles. The van der Waals surface area contributed by atoms with E-state index in [1.807, 2.05) is 24.9 Å². The van der Waals surface area contributed by atoms with Crippen LogP contribution >= 0.6 is 0 Å². The first kappa shape index (κ1) is 12.7. The maximum Gasteiger partial charge on any atom is 0.151 e. The molecule has 3 N–H and O–H groups in total. The van der Waals surface area contributed by atoms with Crippen molar-refractivity contribution in [2.24, 2.45) is 0 Å². The third-order valence-corrected chi connectivity index (χ3v) is 2.24. The number of anilines is 2. The van der Waals surface area contributed by atoms with E-state index in [0.29, 0.717) is 24.7 Å². The number of aliphatic hydroxyl groups excluding tert-OH is 1. The number of nitrogen functional groups attached to an aromatic ring is 1. The summed E-state index contributed by atoms with van der Waals surface area (Å²) in [6.45, 7) is 2.68. The van der Waals surface area contributed by atoms with Crippen LogP contribution in [-0.4, -0.2) is 43.5 Å². The quantitative estimate of drug-likeness (QED) is 0.759. The Hall–Kier alpha value is -1.33. The van der Waals surface area contributed by atoms with Gasteiger partial charge in [-0.05, 0) is 18.6 Å². The summed E-state index contributed by atoms with van der Waals surface area (Å²) < 4.78 is 4.86. The molecule has 0 saturated carbocycles. The van der Waals surface area contributed by atoms with Crippen LogP contribution in [0.2, 0.25) is 0 Å². The number of nitrogens with two attached hydrogens (primary N) is 1. The number of aliphatic hydroxyl groups is 1. The van der Waals surface area contributed by atoms with E-state index in [1.165, 1.54) is 0 Å². The van der Waals surface area contributed by atoms with Gasteiger partial charge in [0.25, 0.3) is 0 Å². The lowest BCUT2D eigenvalue weighted by molar-refractivity contribution is 0.0694. The molecule has 0 spiro atoms. The van der Waals surface area contributed by atoms with Crippen molar-refractivity contribution in [3.63, 3.8) is 0 Å². The highest BCUT2D eigenvalue weighted by atomic mass is 16.5. The van der Waals surface area contributed by atoms with E-state index in [1.54, 1.807) is 13.3 Å². The molecule has 0 saturated heterocycles. The standard InChI is InChI=1S/C11H19N3O2/c1-8-4-10(12)11(13-5-8)14(2)6-9(15)7-16-3/h4-5,9,15H,6-7,12H2,1-3H3. The molecule has 0 aliphatic heterocycles. The summed E-state index contributed by atoms with van der Waals surface area (Å²) in [5, 5.41) is 9.59. The average molecular weight is 225 g/mol. The third kappa shape index (κ3) is 3.36. The SMILES string of the molecule is COCC(O)CN(C)c1ncc(C)cc1N. The number of pyridine rings is 1. The second-order valence-electron chi connectivity index (χ2n) is 3.92. The molecule has 0 aliphatic carbocycles. The molecular formula is C11H19N3O2. The molecule has 0 bridgehead atoms. The summed E-state index contributed by atoms with van der Waals surface area (Å²) in [5.74, 6) is 0.681. The first-order valence-corrected chi connectivity index (χ1v) is 5.15. The lowest BCUT2D eigenvalue weighted by Gasteiger charge is -2.22. The molecule has 1 atom stereocenters. The predicted molar refractivity (Wildman–Crippen MR) is 64.5 cm³/mol. The van der Waals surface area contributed by atoms with Crippen molar-refractivity contribution in [3.8, 4) is 0 Å². The Bertz CT molecular complexity index is 344. The lowest BCUT2D eigenvalue weighted by atomic mass is 10.2. The molecule has 0 radical (unpaired) electrons. The maximum atomic E-state index is 9.59. The summed E-state index contributed by atoms with van der Waals surface area (Å²) in [4.78, 5) is 6.06. The fraction of sp³-hybridized carbons (Fsp3) is 0.545. The maximum absolute atomic E-state index is 9.59. The molecule has 5 heteroatoms. The third-order valence-electron chi connectivity index (χ3n) is 2.24. The van der Waals surface area contributed by atoms with E-state index in [9.17, 15) is 5.11 Å². The Labute approximate surface area is 95.8 Å². The number of aryl methyl sites for hydroxylation is 1. The highest BCUT2D eigenvalue weighted by Crippen LogP contribution is 2.19. The zero-order valence-corrected chi connectivity index (χ0v) is 9.97. The summed E-state index contributed by atoms with van der Waals surface area (Å²) in [7, 11) is 3.40. The van der Waals surface area contributed by atoms with Crippen molar-refractivity contribution < 1.29 is 9.84 Å². The fourth-order valence-corrected chi connectivity index (χ4v) is 1.55. The second kappa shape index (κ2) is 5.67. The number of ether oxygens (including phenoxy) is 1. The van der Waals surface area contributed by atoms with Crippen molar-refractivity contribution in [2.75, 3.05) is 37.9 Å². The van der Waals surface area contributed by atoms with Crippen LogP contribution in [0.25, 0.3) is 0 Å². The van der Waals surface area contributed by atoms with Gasteiger partial charge in [0.15, 0.2) is 5.82 Å². The zero-order valence-electron chi connectivity index (χ0n) is 9.97. The predicted octanol–water partition coefficient (Wildman–Crippen LogP) is 0.416. The number of rotatable bonds is 5. The van der Waals surface area contributed by atoms with E-state index >= 15 is 0 Å². The van der Waals surface area contributed by atoms with Crippen LogP contribution in [0.4, 0.5) is 11.5 Å². The van der Waals surface area contributed by atoms with Crippen molar-refractivity contribution in [1.82, 2.24) is 4.98 Å². The molecule has 0 aliphatic rings. The lowest BCUT2D eigenvalue weighted by Crippen LogP contribution is -2.32. The van der Waals surface area contributed by atoms with Gasteiger partial charge < -0.3 is 20.5 Å². The van der Waals surface area contributed by atoms with Crippen LogP contribution in [0.1, 0.15) is 5.56 Å². The van der Waals surface area contributed by atoms with Crippen LogP contribution < -0.4 is 10.6 Å². The molecule has 90 valence electrons. The normalized spacial score (nSPS) is 12.5. The Balaban J connectivity index is 2.69. The number of nitrogens with zero attached hydrogens (tertiary/aromatic N) is 2. The van der Waals surface area contributed by atoms with Gasteiger partial charge in [0.2, 0.25) is 0 Å². The van der Waals surface area contributed by atoms with Gasteiger partial charge >= 0.3 is 0 Å². The largest absolute Gasteiger partial charge is 0.396 e. The summed E-state index contributed by atoms with van der Waals surface area (Å²) in [6.07, 6.45) is 1.21. The summed E-state index contributed by atoms with van der Waals surface area (Å²) in [5.41, 5.74) is 7.49. The molecular weight excluding hydrogens is 206 g/mol. The molecule has 1 unspecified atom stereocenters. The van der Waals surface area contributed by atoms with Crippen LogP contribution in [0, 0.1) is 6.92 Å². The second-order valence-corrected chi connectivity index (χ2v) is 3.92.